The van der Waals surface area contributed by atoms with E-state index in [4.69, 9.17) is 0 Å². The summed E-state index contributed by atoms with van der Waals surface area (Å²) in [6.45, 7) is 4.60. The number of aromatic amines is 1. The maximum atomic E-state index is 11.9. The lowest BCUT2D eigenvalue weighted by molar-refractivity contribution is 0.0939. The zero-order valence-corrected chi connectivity index (χ0v) is 10.9. The Bertz CT molecular complexity index is 508. The van der Waals surface area contributed by atoms with Crippen LogP contribution in [-0.4, -0.2) is 32.8 Å². The topological polar surface area (TPSA) is 95.6 Å². The minimum atomic E-state index is -0.231. The molecule has 0 aromatic carbocycles. The number of amides is 1. The highest BCUT2D eigenvalue weighted by Crippen LogP contribution is 2.16. The Morgan fingerprint density at radius 1 is 1.56 bits per heavy atom. The molecule has 1 amide bonds. The van der Waals surface area contributed by atoms with Crippen LogP contribution in [-0.2, 0) is 0 Å². The summed E-state index contributed by atoms with van der Waals surface area (Å²) in [5.74, 6) is -0.231. The van der Waals surface area contributed by atoms with Crippen LogP contribution in [0, 0.1) is 0 Å². The van der Waals surface area contributed by atoms with Crippen LogP contribution in [0.1, 0.15) is 35.3 Å². The van der Waals surface area contributed by atoms with E-state index in [0.717, 1.165) is 12.1 Å². The van der Waals surface area contributed by atoms with E-state index in [1.807, 2.05) is 13.8 Å². The van der Waals surface area contributed by atoms with E-state index in [9.17, 15) is 4.79 Å². The van der Waals surface area contributed by atoms with Crippen LogP contribution in [0.2, 0.25) is 0 Å². The monoisotopic (exact) mass is 266 g/mol. The van der Waals surface area contributed by atoms with Gasteiger partial charge in [0.15, 0.2) is 0 Å². The van der Waals surface area contributed by atoms with E-state index in [-0.39, 0.29) is 11.9 Å². The lowest BCUT2D eigenvalue weighted by Gasteiger charge is -2.09. The van der Waals surface area contributed by atoms with Crippen LogP contribution >= 0.6 is 11.3 Å². The summed E-state index contributed by atoms with van der Waals surface area (Å²) < 4.78 is 0. The zero-order chi connectivity index (χ0) is 13.0. The average molecular weight is 266 g/mol. The van der Waals surface area contributed by atoms with Gasteiger partial charge in [-0.1, -0.05) is 11.3 Å². The van der Waals surface area contributed by atoms with Crippen molar-refractivity contribution in [2.75, 3.05) is 11.9 Å². The number of nitrogens with one attached hydrogen (secondary N) is 3. The van der Waals surface area contributed by atoms with E-state index < -0.39 is 0 Å². The minimum absolute atomic E-state index is 0.122. The molecular formula is C10H14N6OS. The molecule has 0 bridgehead atoms. The van der Waals surface area contributed by atoms with Crippen molar-refractivity contribution in [2.24, 2.45) is 0 Å². The van der Waals surface area contributed by atoms with Crippen molar-refractivity contribution in [1.82, 2.24) is 25.7 Å². The number of hydrogen-bond donors (Lipinski definition) is 3. The predicted molar refractivity (Wildman–Crippen MR) is 68.5 cm³/mol. The first-order chi connectivity index (χ1) is 8.70. The summed E-state index contributed by atoms with van der Waals surface area (Å²) in [5.41, 5.74) is 0.916. The van der Waals surface area contributed by atoms with Crippen LogP contribution in [0.25, 0.3) is 0 Å². The lowest BCUT2D eigenvalue weighted by atomic mass is 10.2. The summed E-state index contributed by atoms with van der Waals surface area (Å²) in [4.78, 5) is 11.9. The first kappa shape index (κ1) is 12.5. The summed E-state index contributed by atoms with van der Waals surface area (Å²) in [6.07, 6.45) is 3.42. The summed E-state index contributed by atoms with van der Waals surface area (Å²) in [5, 5.41) is 21.1. The van der Waals surface area contributed by atoms with Gasteiger partial charge < -0.3 is 10.6 Å². The van der Waals surface area contributed by atoms with Crippen molar-refractivity contribution < 1.29 is 4.79 Å². The standard InChI is InChI=1S/C10H14N6OS/c1-3-11-10-16-15-9(18-10)8(17)14-6(2)7-4-12-13-5-7/h4-6H,3H2,1-2H3,(H,11,16)(H,12,13)(H,14,17). The number of aromatic nitrogens is 4. The summed E-state index contributed by atoms with van der Waals surface area (Å²) >= 11 is 1.24. The van der Waals surface area contributed by atoms with Crippen molar-refractivity contribution in [2.45, 2.75) is 19.9 Å². The van der Waals surface area contributed by atoms with E-state index in [1.165, 1.54) is 11.3 Å². The van der Waals surface area contributed by atoms with Crippen molar-refractivity contribution in [1.29, 1.82) is 0 Å². The normalized spacial score (nSPS) is 12.1. The van der Waals surface area contributed by atoms with Crippen molar-refractivity contribution in [3.8, 4) is 0 Å². The predicted octanol–water partition coefficient (Wildman–Crippen LogP) is 1.18. The molecule has 2 aromatic rings. The molecule has 2 rings (SSSR count). The summed E-state index contributed by atoms with van der Waals surface area (Å²) in [7, 11) is 0. The summed E-state index contributed by atoms with van der Waals surface area (Å²) in [6, 6.07) is -0.122. The molecule has 7 nitrogen and oxygen atoms in total. The number of rotatable bonds is 5. The van der Waals surface area contributed by atoms with Gasteiger partial charge in [-0.3, -0.25) is 9.89 Å². The number of anilines is 1. The van der Waals surface area contributed by atoms with E-state index in [1.54, 1.807) is 12.4 Å². The molecular weight excluding hydrogens is 252 g/mol. The van der Waals surface area contributed by atoms with Crippen LogP contribution in [0.4, 0.5) is 5.13 Å². The van der Waals surface area contributed by atoms with Gasteiger partial charge in [-0.2, -0.15) is 5.10 Å². The molecule has 1 atom stereocenters. The molecule has 8 heteroatoms. The molecule has 0 aliphatic carbocycles. The van der Waals surface area contributed by atoms with Crippen LogP contribution in [0.5, 0.6) is 0 Å². The zero-order valence-electron chi connectivity index (χ0n) is 10.1. The van der Waals surface area contributed by atoms with Crippen molar-refractivity contribution in [3.63, 3.8) is 0 Å². The molecule has 18 heavy (non-hydrogen) atoms. The lowest BCUT2D eigenvalue weighted by Crippen LogP contribution is -2.26. The molecule has 96 valence electrons. The number of hydrogen-bond acceptors (Lipinski definition) is 6. The van der Waals surface area contributed by atoms with Crippen molar-refractivity contribution in [3.05, 3.63) is 23.0 Å². The molecule has 0 spiro atoms. The highest BCUT2D eigenvalue weighted by molar-refractivity contribution is 7.17. The van der Waals surface area contributed by atoms with E-state index >= 15 is 0 Å². The first-order valence-corrected chi connectivity index (χ1v) is 6.39. The Morgan fingerprint density at radius 3 is 3.06 bits per heavy atom. The highest BCUT2D eigenvalue weighted by Gasteiger charge is 2.16. The molecule has 2 aromatic heterocycles. The number of carbonyl (C=O) groups is 1. The first-order valence-electron chi connectivity index (χ1n) is 5.57. The molecule has 2 heterocycles. The Balaban J connectivity index is 1.98. The van der Waals surface area contributed by atoms with Gasteiger partial charge in [-0.05, 0) is 13.8 Å². The Kier molecular flexibility index (Phi) is 3.88. The molecule has 0 saturated carbocycles. The highest BCUT2D eigenvalue weighted by atomic mass is 32.1. The SMILES string of the molecule is CCNc1nnc(C(=O)NC(C)c2cn[nH]c2)s1. The Hall–Kier alpha value is -1.96. The minimum Gasteiger partial charge on any atom is -0.360 e. The molecule has 0 radical (unpaired) electrons. The van der Waals surface area contributed by atoms with Gasteiger partial charge in [-0.25, -0.2) is 0 Å². The third kappa shape index (κ3) is 2.83. The fraction of sp³-hybridized carbons (Fsp3) is 0.400. The molecule has 0 fully saturated rings. The largest absolute Gasteiger partial charge is 0.360 e. The fourth-order valence-electron chi connectivity index (χ4n) is 1.38. The Morgan fingerprint density at radius 2 is 2.39 bits per heavy atom. The molecule has 0 aliphatic rings. The van der Waals surface area contributed by atoms with Crippen LogP contribution < -0.4 is 10.6 Å². The second kappa shape index (κ2) is 5.58. The third-order valence-electron chi connectivity index (χ3n) is 2.31. The maximum absolute atomic E-state index is 11.9. The smallest absolute Gasteiger partial charge is 0.282 e. The van der Waals surface area contributed by atoms with Gasteiger partial charge in [0.25, 0.3) is 5.91 Å². The average Bonchev–Trinajstić information content (AvgIpc) is 3.00. The Labute approximate surface area is 108 Å². The maximum Gasteiger partial charge on any atom is 0.282 e. The molecule has 0 aliphatic heterocycles. The van der Waals surface area contributed by atoms with Gasteiger partial charge in [-0.15, -0.1) is 10.2 Å². The molecule has 1 unspecified atom stereocenters. The van der Waals surface area contributed by atoms with Gasteiger partial charge in [0.2, 0.25) is 10.1 Å². The van der Waals surface area contributed by atoms with Crippen LogP contribution in [0.3, 0.4) is 0 Å². The second-order valence-electron chi connectivity index (χ2n) is 3.67. The molecule has 0 saturated heterocycles. The van der Waals surface area contributed by atoms with Crippen LogP contribution in [0.15, 0.2) is 12.4 Å². The van der Waals surface area contributed by atoms with Gasteiger partial charge in [0.1, 0.15) is 0 Å². The van der Waals surface area contributed by atoms with Gasteiger partial charge in [0, 0.05) is 18.3 Å². The number of H-pyrrole nitrogens is 1. The quantitative estimate of drug-likeness (QED) is 0.755. The van der Waals surface area contributed by atoms with Gasteiger partial charge in [0.05, 0.1) is 12.2 Å². The third-order valence-corrected chi connectivity index (χ3v) is 3.19. The second-order valence-corrected chi connectivity index (χ2v) is 4.65. The van der Waals surface area contributed by atoms with Crippen molar-refractivity contribution >= 4 is 22.4 Å². The van der Waals surface area contributed by atoms with E-state index in [0.29, 0.717) is 10.1 Å². The van der Waals surface area contributed by atoms with E-state index in [2.05, 4.69) is 31.0 Å². The fourth-order valence-corrected chi connectivity index (χ4v) is 2.09. The molecule has 3 N–H and O–H groups in total. The number of carbonyl (C=O) groups excluding carboxylic acids is 1. The van der Waals surface area contributed by atoms with Gasteiger partial charge >= 0.3 is 0 Å². The number of nitrogens with zero attached hydrogens (tertiary/aromatic N) is 3.